The Balaban J connectivity index is 1.43. The van der Waals surface area contributed by atoms with E-state index in [9.17, 15) is 4.79 Å². The van der Waals surface area contributed by atoms with Gasteiger partial charge in [0.1, 0.15) is 6.29 Å². The Morgan fingerprint density at radius 3 is 2.04 bits per heavy atom. The van der Waals surface area contributed by atoms with Gasteiger partial charge in [-0.15, -0.1) is 0 Å². The quantitative estimate of drug-likeness (QED) is 0.305. The molecule has 2 saturated carbocycles. The second-order valence-corrected chi connectivity index (χ2v) is 9.20. The Hall–Kier alpha value is -0.330. The van der Waals surface area contributed by atoms with Gasteiger partial charge < -0.3 is 4.79 Å². The van der Waals surface area contributed by atoms with Gasteiger partial charge in [-0.1, -0.05) is 78.1 Å². The molecule has 5 atom stereocenters. The lowest BCUT2D eigenvalue weighted by Crippen LogP contribution is -2.21. The van der Waals surface area contributed by atoms with Crippen molar-refractivity contribution in [3.63, 3.8) is 0 Å². The van der Waals surface area contributed by atoms with Gasteiger partial charge in [0.2, 0.25) is 0 Å². The molecule has 0 aromatic carbocycles. The summed E-state index contributed by atoms with van der Waals surface area (Å²) < 4.78 is 0. The van der Waals surface area contributed by atoms with Crippen molar-refractivity contribution in [2.75, 3.05) is 0 Å². The Labute approximate surface area is 151 Å². The lowest BCUT2D eigenvalue weighted by molar-refractivity contribution is -0.113. The van der Waals surface area contributed by atoms with E-state index in [0.29, 0.717) is 11.8 Å². The zero-order valence-electron chi connectivity index (χ0n) is 16.5. The van der Waals surface area contributed by atoms with E-state index in [-0.39, 0.29) is 0 Å². The van der Waals surface area contributed by atoms with Gasteiger partial charge in [0.05, 0.1) is 0 Å². The van der Waals surface area contributed by atoms with Gasteiger partial charge in [0, 0.05) is 5.92 Å². The zero-order valence-corrected chi connectivity index (χ0v) is 16.5. The third-order valence-corrected chi connectivity index (χ3v) is 7.15. The molecule has 0 aromatic rings. The topological polar surface area (TPSA) is 17.1 Å². The van der Waals surface area contributed by atoms with E-state index in [2.05, 4.69) is 13.8 Å². The number of carbonyl (C=O) groups excluding carboxylic acids is 1. The molecule has 2 fully saturated rings. The maximum absolute atomic E-state index is 11.1. The van der Waals surface area contributed by atoms with E-state index in [1.807, 2.05) is 0 Å². The van der Waals surface area contributed by atoms with Crippen molar-refractivity contribution in [1.82, 2.24) is 0 Å². The molecule has 24 heavy (non-hydrogen) atoms. The molecule has 5 unspecified atom stereocenters. The summed E-state index contributed by atoms with van der Waals surface area (Å²) in [5, 5.41) is 0. The smallest absolute Gasteiger partial charge is 0.123 e. The highest BCUT2D eigenvalue weighted by atomic mass is 16.1. The first-order valence-corrected chi connectivity index (χ1v) is 11.2. The van der Waals surface area contributed by atoms with Crippen molar-refractivity contribution in [1.29, 1.82) is 0 Å². The largest absolute Gasteiger partial charge is 0.303 e. The molecule has 0 aromatic heterocycles. The molecule has 2 rings (SSSR count). The van der Waals surface area contributed by atoms with Crippen LogP contribution in [0.25, 0.3) is 0 Å². The highest BCUT2D eigenvalue weighted by Crippen LogP contribution is 2.36. The fourth-order valence-corrected chi connectivity index (χ4v) is 5.45. The highest BCUT2D eigenvalue weighted by molar-refractivity contribution is 5.54. The molecule has 0 amide bonds. The van der Waals surface area contributed by atoms with Crippen LogP contribution in [0, 0.1) is 29.6 Å². The van der Waals surface area contributed by atoms with Crippen LogP contribution in [0.1, 0.15) is 110 Å². The molecule has 0 bridgehead atoms. The van der Waals surface area contributed by atoms with Crippen molar-refractivity contribution >= 4 is 6.29 Å². The average molecular weight is 335 g/mol. The van der Waals surface area contributed by atoms with Gasteiger partial charge in [0.25, 0.3) is 0 Å². The van der Waals surface area contributed by atoms with Crippen LogP contribution in [0.15, 0.2) is 0 Å². The molecule has 0 saturated heterocycles. The van der Waals surface area contributed by atoms with Gasteiger partial charge in [-0.2, -0.15) is 0 Å². The van der Waals surface area contributed by atoms with Crippen LogP contribution in [0.5, 0.6) is 0 Å². The maximum atomic E-state index is 11.1. The Morgan fingerprint density at radius 1 is 0.750 bits per heavy atom. The van der Waals surface area contributed by atoms with Crippen molar-refractivity contribution in [2.24, 2.45) is 29.6 Å². The molecule has 0 spiro atoms. The summed E-state index contributed by atoms with van der Waals surface area (Å²) in [4.78, 5) is 11.1. The number of aldehydes is 1. The highest BCUT2D eigenvalue weighted by Gasteiger charge is 2.25. The molecular weight excluding hydrogens is 292 g/mol. The second kappa shape index (κ2) is 11.3. The molecular formula is C23H42O. The Morgan fingerprint density at radius 2 is 1.38 bits per heavy atom. The first kappa shape index (κ1) is 20.0. The second-order valence-electron chi connectivity index (χ2n) is 9.20. The van der Waals surface area contributed by atoms with Crippen molar-refractivity contribution in [2.45, 2.75) is 110 Å². The van der Waals surface area contributed by atoms with Gasteiger partial charge >= 0.3 is 0 Å². The van der Waals surface area contributed by atoms with Gasteiger partial charge in [-0.05, 0) is 55.8 Å². The lowest BCUT2D eigenvalue weighted by Gasteiger charge is -2.32. The zero-order chi connectivity index (χ0) is 17.2. The van der Waals surface area contributed by atoms with Crippen LogP contribution in [0.2, 0.25) is 0 Å². The first-order valence-electron chi connectivity index (χ1n) is 11.2. The number of unbranched alkanes of at least 4 members (excludes halogenated alkanes) is 5. The van der Waals surface area contributed by atoms with Crippen LogP contribution in [0.3, 0.4) is 0 Å². The van der Waals surface area contributed by atoms with E-state index in [4.69, 9.17) is 0 Å². The minimum Gasteiger partial charge on any atom is -0.303 e. The molecule has 0 radical (unpaired) electrons. The molecule has 2 aliphatic carbocycles. The summed E-state index contributed by atoms with van der Waals surface area (Å²) in [7, 11) is 0. The summed E-state index contributed by atoms with van der Waals surface area (Å²) in [5.41, 5.74) is 0. The third-order valence-electron chi connectivity index (χ3n) is 7.15. The van der Waals surface area contributed by atoms with Crippen molar-refractivity contribution in [3.8, 4) is 0 Å². The third kappa shape index (κ3) is 6.89. The summed E-state index contributed by atoms with van der Waals surface area (Å²) in [6.45, 7) is 4.91. The molecule has 0 aliphatic heterocycles. The monoisotopic (exact) mass is 334 g/mol. The minimum atomic E-state index is 0.388. The van der Waals surface area contributed by atoms with Crippen LogP contribution in [-0.4, -0.2) is 6.29 Å². The van der Waals surface area contributed by atoms with Crippen LogP contribution >= 0.6 is 0 Å². The van der Waals surface area contributed by atoms with Crippen LogP contribution < -0.4 is 0 Å². The predicted molar refractivity (Wildman–Crippen MR) is 104 cm³/mol. The van der Waals surface area contributed by atoms with Crippen LogP contribution in [-0.2, 0) is 4.79 Å². The molecule has 2 aliphatic rings. The standard InChI is InChI=1S/C23H42O/c1-19-15-16-21(20(2)17-19)11-7-5-3-4-6-8-12-22-13-9-10-14-23(22)18-24/h18-23H,3-17H2,1-2H3. The number of hydrogen-bond donors (Lipinski definition) is 0. The summed E-state index contributed by atoms with van der Waals surface area (Å²) >= 11 is 0. The van der Waals surface area contributed by atoms with Crippen molar-refractivity contribution < 1.29 is 4.79 Å². The summed E-state index contributed by atoms with van der Waals surface area (Å²) in [6, 6.07) is 0. The Kier molecular flexibility index (Phi) is 9.43. The summed E-state index contributed by atoms with van der Waals surface area (Å²) in [5.74, 6) is 4.06. The molecule has 0 N–H and O–H groups in total. The number of rotatable bonds is 10. The van der Waals surface area contributed by atoms with Gasteiger partial charge in [-0.25, -0.2) is 0 Å². The number of carbonyl (C=O) groups is 1. The van der Waals surface area contributed by atoms with E-state index in [0.717, 1.165) is 24.2 Å². The van der Waals surface area contributed by atoms with Gasteiger partial charge in [-0.3, -0.25) is 0 Å². The SMILES string of the molecule is CC1CCC(CCCCCCCCC2CCCCC2C=O)C(C)C1. The first-order chi connectivity index (χ1) is 11.7. The number of hydrogen-bond acceptors (Lipinski definition) is 1. The fraction of sp³-hybridized carbons (Fsp3) is 0.957. The fourth-order valence-electron chi connectivity index (χ4n) is 5.45. The molecule has 1 nitrogen and oxygen atoms in total. The molecule has 0 heterocycles. The van der Waals surface area contributed by atoms with E-state index < -0.39 is 0 Å². The Bertz CT molecular complexity index is 337. The summed E-state index contributed by atoms with van der Waals surface area (Å²) in [6.07, 6.45) is 22.0. The van der Waals surface area contributed by atoms with E-state index in [1.54, 1.807) is 0 Å². The van der Waals surface area contributed by atoms with E-state index in [1.165, 1.54) is 96.2 Å². The minimum absolute atomic E-state index is 0.388. The molecule has 1 heteroatoms. The maximum Gasteiger partial charge on any atom is 0.123 e. The predicted octanol–water partition coefficient (Wildman–Crippen LogP) is 7.18. The lowest BCUT2D eigenvalue weighted by atomic mass is 9.73. The van der Waals surface area contributed by atoms with E-state index >= 15 is 0 Å². The normalized spacial score (nSPS) is 34.2. The van der Waals surface area contributed by atoms with Gasteiger partial charge in [0.15, 0.2) is 0 Å². The van der Waals surface area contributed by atoms with Crippen LogP contribution in [0.4, 0.5) is 0 Å². The van der Waals surface area contributed by atoms with Crippen molar-refractivity contribution in [3.05, 3.63) is 0 Å². The molecule has 140 valence electrons. The average Bonchev–Trinajstić information content (AvgIpc) is 2.59.